The maximum absolute atomic E-state index is 12.2. The smallest absolute Gasteiger partial charge is 0.257 e. The number of rotatable bonds is 3. The number of amides is 1. The Morgan fingerprint density at radius 1 is 1.30 bits per heavy atom. The van der Waals surface area contributed by atoms with E-state index in [1.165, 1.54) is 6.20 Å². The number of benzene rings is 1. The highest BCUT2D eigenvalue weighted by molar-refractivity contribution is 7.98. The van der Waals surface area contributed by atoms with Gasteiger partial charge in [-0.3, -0.25) is 4.79 Å². The Balaban J connectivity index is 2.25. The van der Waals surface area contributed by atoms with E-state index in [1.807, 2.05) is 19.2 Å². The molecule has 0 atom stereocenters. The lowest BCUT2D eigenvalue weighted by molar-refractivity contribution is 0.102. The van der Waals surface area contributed by atoms with Crippen LogP contribution in [0, 0.1) is 6.92 Å². The monoisotopic (exact) mass is 326 g/mol. The number of nitrogens with zero attached hydrogens (tertiary/aromatic N) is 1. The van der Waals surface area contributed by atoms with Crippen LogP contribution < -0.4 is 5.32 Å². The van der Waals surface area contributed by atoms with Gasteiger partial charge >= 0.3 is 0 Å². The van der Waals surface area contributed by atoms with E-state index in [9.17, 15) is 4.79 Å². The molecule has 2 aromatic rings. The Kier molecular flexibility index (Phi) is 4.91. The Morgan fingerprint density at radius 3 is 2.70 bits per heavy atom. The van der Waals surface area contributed by atoms with Gasteiger partial charge in [0.2, 0.25) is 0 Å². The van der Waals surface area contributed by atoms with Crippen molar-refractivity contribution < 1.29 is 4.79 Å². The molecule has 0 radical (unpaired) electrons. The highest BCUT2D eigenvalue weighted by atomic mass is 35.5. The summed E-state index contributed by atoms with van der Waals surface area (Å²) in [4.78, 5) is 17.2. The van der Waals surface area contributed by atoms with Crippen LogP contribution in [0.15, 0.2) is 35.4 Å². The predicted molar refractivity (Wildman–Crippen MR) is 85.2 cm³/mol. The number of nitrogens with one attached hydrogen (secondary N) is 1. The zero-order valence-corrected chi connectivity index (χ0v) is 13.2. The van der Waals surface area contributed by atoms with Gasteiger partial charge in [0, 0.05) is 4.90 Å². The summed E-state index contributed by atoms with van der Waals surface area (Å²) in [6, 6.07) is 7.11. The Bertz CT molecular complexity index is 662. The largest absolute Gasteiger partial charge is 0.321 e. The molecule has 0 saturated heterocycles. The maximum Gasteiger partial charge on any atom is 0.257 e. The van der Waals surface area contributed by atoms with E-state index in [1.54, 1.807) is 30.0 Å². The number of pyridine rings is 1. The summed E-state index contributed by atoms with van der Waals surface area (Å²) in [5, 5.41) is 3.60. The first kappa shape index (κ1) is 15.2. The van der Waals surface area contributed by atoms with Crippen LogP contribution >= 0.6 is 35.0 Å². The van der Waals surface area contributed by atoms with Crippen molar-refractivity contribution >= 4 is 46.6 Å². The lowest BCUT2D eigenvalue weighted by Crippen LogP contribution is -2.13. The molecule has 1 heterocycles. The number of aryl methyl sites for hydroxylation is 1. The van der Waals surface area contributed by atoms with Crippen LogP contribution in [-0.4, -0.2) is 17.1 Å². The van der Waals surface area contributed by atoms with E-state index in [0.29, 0.717) is 21.4 Å². The van der Waals surface area contributed by atoms with Gasteiger partial charge in [-0.2, -0.15) is 0 Å². The molecule has 20 heavy (non-hydrogen) atoms. The minimum absolute atomic E-state index is 0.269. The standard InChI is InChI=1S/C14H12Cl2N2OS/c1-8-5-9(7-17-13(8)16)18-14(19)11-6-10(20-2)3-4-12(11)15/h3-7H,1-2H3,(H,18,19). The molecule has 104 valence electrons. The highest BCUT2D eigenvalue weighted by Gasteiger charge is 2.12. The average molecular weight is 327 g/mol. The number of hydrogen-bond acceptors (Lipinski definition) is 3. The summed E-state index contributed by atoms with van der Waals surface area (Å²) < 4.78 is 0. The van der Waals surface area contributed by atoms with Crippen molar-refractivity contribution in [2.75, 3.05) is 11.6 Å². The molecule has 1 aromatic carbocycles. The molecule has 1 aromatic heterocycles. The van der Waals surface area contributed by atoms with Gasteiger partial charge < -0.3 is 5.32 Å². The van der Waals surface area contributed by atoms with Gasteiger partial charge in [-0.1, -0.05) is 23.2 Å². The molecule has 0 aliphatic carbocycles. The first-order valence-electron chi connectivity index (χ1n) is 5.78. The molecule has 0 aliphatic rings. The van der Waals surface area contributed by atoms with E-state index >= 15 is 0 Å². The van der Waals surface area contributed by atoms with Crippen LogP contribution in [0.3, 0.4) is 0 Å². The van der Waals surface area contributed by atoms with Crippen LogP contribution in [-0.2, 0) is 0 Å². The number of aromatic nitrogens is 1. The number of carbonyl (C=O) groups excluding carboxylic acids is 1. The van der Waals surface area contributed by atoms with E-state index < -0.39 is 0 Å². The van der Waals surface area contributed by atoms with Crippen LogP contribution in [0.1, 0.15) is 15.9 Å². The fourth-order valence-corrected chi connectivity index (χ4v) is 2.38. The molecule has 0 saturated carbocycles. The number of halogens is 2. The third kappa shape index (κ3) is 3.45. The van der Waals surface area contributed by atoms with Gasteiger partial charge in [0.1, 0.15) is 5.15 Å². The number of anilines is 1. The lowest BCUT2D eigenvalue weighted by atomic mass is 10.2. The maximum atomic E-state index is 12.2. The van der Waals surface area contributed by atoms with Crippen LogP contribution in [0.25, 0.3) is 0 Å². The summed E-state index contributed by atoms with van der Waals surface area (Å²) in [6.45, 7) is 1.83. The first-order valence-corrected chi connectivity index (χ1v) is 7.76. The van der Waals surface area contributed by atoms with E-state index in [-0.39, 0.29) is 5.91 Å². The fraction of sp³-hybridized carbons (Fsp3) is 0.143. The average Bonchev–Trinajstić information content (AvgIpc) is 2.43. The number of carbonyl (C=O) groups is 1. The second-order valence-electron chi connectivity index (χ2n) is 4.13. The minimum atomic E-state index is -0.269. The summed E-state index contributed by atoms with van der Waals surface area (Å²) in [5.41, 5.74) is 1.82. The first-order chi connectivity index (χ1) is 9.51. The van der Waals surface area contributed by atoms with Crippen molar-refractivity contribution in [3.63, 3.8) is 0 Å². The Hall–Kier alpha value is -1.23. The molecule has 0 spiro atoms. The van der Waals surface area contributed by atoms with Crippen molar-refractivity contribution in [3.05, 3.63) is 51.8 Å². The van der Waals surface area contributed by atoms with E-state index in [2.05, 4.69) is 10.3 Å². The third-order valence-electron chi connectivity index (χ3n) is 2.69. The zero-order valence-electron chi connectivity index (χ0n) is 10.9. The molecule has 0 bridgehead atoms. The summed E-state index contributed by atoms with van der Waals surface area (Å²) >= 11 is 13.5. The quantitative estimate of drug-likeness (QED) is 0.658. The van der Waals surface area contributed by atoms with Crippen molar-refractivity contribution in [1.82, 2.24) is 4.98 Å². The Morgan fingerprint density at radius 2 is 2.05 bits per heavy atom. The van der Waals surface area contributed by atoms with Gasteiger partial charge in [-0.15, -0.1) is 11.8 Å². The summed E-state index contributed by atoms with van der Waals surface area (Å²) in [5.74, 6) is -0.269. The second-order valence-corrected chi connectivity index (χ2v) is 5.78. The molecule has 0 aliphatic heterocycles. The third-order valence-corrected chi connectivity index (χ3v) is 4.14. The SMILES string of the molecule is CSc1ccc(Cl)c(C(=O)Nc2cnc(Cl)c(C)c2)c1. The predicted octanol–water partition coefficient (Wildman–Crippen LogP) is 4.67. The molecule has 0 unspecified atom stereocenters. The van der Waals surface area contributed by atoms with Crippen LogP contribution in [0.4, 0.5) is 5.69 Å². The van der Waals surface area contributed by atoms with Gasteiger partial charge in [0.15, 0.2) is 0 Å². The normalized spacial score (nSPS) is 10.4. The van der Waals surface area contributed by atoms with Gasteiger partial charge in [-0.25, -0.2) is 4.98 Å². The molecule has 2 rings (SSSR count). The second kappa shape index (κ2) is 6.48. The van der Waals surface area contributed by atoms with Crippen LogP contribution in [0.2, 0.25) is 10.2 Å². The van der Waals surface area contributed by atoms with Gasteiger partial charge in [-0.05, 0) is 43.0 Å². The number of hydrogen-bond donors (Lipinski definition) is 1. The van der Waals surface area contributed by atoms with Crippen molar-refractivity contribution in [1.29, 1.82) is 0 Å². The molecule has 1 N–H and O–H groups in total. The summed E-state index contributed by atoms with van der Waals surface area (Å²) in [7, 11) is 0. The topological polar surface area (TPSA) is 42.0 Å². The van der Waals surface area contributed by atoms with Gasteiger partial charge in [0.25, 0.3) is 5.91 Å². The van der Waals surface area contributed by atoms with Crippen molar-refractivity contribution in [2.24, 2.45) is 0 Å². The fourth-order valence-electron chi connectivity index (χ4n) is 1.63. The number of thioether (sulfide) groups is 1. The van der Waals surface area contributed by atoms with Crippen molar-refractivity contribution in [3.8, 4) is 0 Å². The zero-order chi connectivity index (χ0) is 14.7. The van der Waals surface area contributed by atoms with E-state index in [4.69, 9.17) is 23.2 Å². The molecule has 1 amide bonds. The molecular weight excluding hydrogens is 315 g/mol. The minimum Gasteiger partial charge on any atom is -0.321 e. The molecular formula is C14H12Cl2N2OS. The van der Waals surface area contributed by atoms with Crippen molar-refractivity contribution in [2.45, 2.75) is 11.8 Å². The summed E-state index contributed by atoms with van der Waals surface area (Å²) in [6.07, 6.45) is 3.46. The molecule has 3 nitrogen and oxygen atoms in total. The van der Waals surface area contributed by atoms with Crippen LogP contribution in [0.5, 0.6) is 0 Å². The van der Waals surface area contributed by atoms with Gasteiger partial charge in [0.05, 0.1) is 22.5 Å². The molecule has 6 heteroatoms. The Labute approximate surface area is 131 Å². The lowest BCUT2D eigenvalue weighted by Gasteiger charge is -2.09. The highest BCUT2D eigenvalue weighted by Crippen LogP contribution is 2.24. The molecule has 0 fully saturated rings. The van der Waals surface area contributed by atoms with E-state index in [0.717, 1.165) is 10.5 Å².